The van der Waals surface area contributed by atoms with Gasteiger partial charge >= 0.3 is 5.97 Å². The Balaban J connectivity index is 1.73. The van der Waals surface area contributed by atoms with E-state index in [9.17, 15) is 9.59 Å². The summed E-state index contributed by atoms with van der Waals surface area (Å²) in [5, 5.41) is 12.2. The van der Waals surface area contributed by atoms with Crippen molar-refractivity contribution in [1.82, 2.24) is 15.3 Å². The number of nitrogens with zero attached hydrogens (tertiary/aromatic N) is 1. The number of nitrogens with two attached hydrogens (primary N) is 1. The lowest BCUT2D eigenvalue weighted by molar-refractivity contribution is -0.127. The zero-order valence-electron chi connectivity index (χ0n) is 15.2. The first-order chi connectivity index (χ1) is 13.1. The third-order valence-electron chi connectivity index (χ3n) is 5.30. The standard InChI is InChI=1S/C20H26N4O3/c21-11-14-6-8-15(9-7-14)19(25)24-16(10-13-4-2-1-3-5-13)18-22-12-17(23-18)20(26)27/h1-5,12,14-16H,6-11,21H2,(H,22,23)(H,24,25)(H,26,27)/t14-,15-,16-/m0/s1. The summed E-state index contributed by atoms with van der Waals surface area (Å²) in [5.41, 5.74) is 6.72. The van der Waals surface area contributed by atoms with Crippen molar-refractivity contribution in [1.29, 1.82) is 0 Å². The molecule has 7 nitrogen and oxygen atoms in total. The van der Waals surface area contributed by atoms with Crippen molar-refractivity contribution < 1.29 is 14.7 Å². The minimum absolute atomic E-state index is 0.000299. The molecule has 0 unspecified atom stereocenters. The van der Waals surface area contributed by atoms with Crippen molar-refractivity contribution in [3.63, 3.8) is 0 Å². The van der Waals surface area contributed by atoms with Gasteiger partial charge in [-0.15, -0.1) is 0 Å². The summed E-state index contributed by atoms with van der Waals surface area (Å²) in [5.74, 6) is -0.153. The Morgan fingerprint density at radius 1 is 1.22 bits per heavy atom. The van der Waals surface area contributed by atoms with E-state index in [1.807, 2.05) is 30.3 Å². The van der Waals surface area contributed by atoms with Gasteiger partial charge in [0.25, 0.3) is 0 Å². The number of aromatic nitrogens is 2. The van der Waals surface area contributed by atoms with Crippen LogP contribution < -0.4 is 11.1 Å². The van der Waals surface area contributed by atoms with Crippen molar-refractivity contribution in [3.05, 3.63) is 53.6 Å². The zero-order valence-corrected chi connectivity index (χ0v) is 15.2. The number of benzene rings is 1. The van der Waals surface area contributed by atoms with Gasteiger partial charge in [0.05, 0.1) is 6.04 Å². The van der Waals surface area contributed by atoms with Crippen molar-refractivity contribution in [2.24, 2.45) is 17.6 Å². The molecule has 2 aromatic rings. The molecular weight excluding hydrogens is 344 g/mol. The lowest BCUT2D eigenvalue weighted by Gasteiger charge is -2.28. The van der Waals surface area contributed by atoms with Crippen LogP contribution >= 0.6 is 0 Å². The minimum Gasteiger partial charge on any atom is -0.476 e. The Bertz CT molecular complexity index is 767. The smallest absolute Gasteiger partial charge is 0.356 e. The van der Waals surface area contributed by atoms with Crippen LogP contribution in [0.25, 0.3) is 0 Å². The Labute approximate surface area is 158 Å². The molecule has 1 aromatic heterocycles. The van der Waals surface area contributed by atoms with E-state index in [1.54, 1.807) is 0 Å². The lowest BCUT2D eigenvalue weighted by atomic mass is 9.81. The van der Waals surface area contributed by atoms with Crippen LogP contribution in [0.5, 0.6) is 0 Å². The van der Waals surface area contributed by atoms with Gasteiger partial charge in [0.2, 0.25) is 5.91 Å². The number of imidazole rings is 1. The first-order valence-corrected chi connectivity index (χ1v) is 9.39. The summed E-state index contributed by atoms with van der Waals surface area (Å²) < 4.78 is 0. The Hall–Kier alpha value is -2.67. The number of carboxylic acid groups (broad SMARTS) is 1. The van der Waals surface area contributed by atoms with Crippen molar-refractivity contribution in [2.75, 3.05) is 6.54 Å². The number of aromatic carboxylic acids is 1. The molecule has 1 heterocycles. The number of carbonyl (C=O) groups excluding carboxylic acids is 1. The lowest BCUT2D eigenvalue weighted by Crippen LogP contribution is -2.37. The second-order valence-corrected chi connectivity index (χ2v) is 7.18. The first kappa shape index (κ1) is 19.1. The van der Waals surface area contributed by atoms with Gasteiger partial charge in [0.15, 0.2) is 5.69 Å². The van der Waals surface area contributed by atoms with E-state index in [1.165, 1.54) is 6.20 Å². The predicted octanol–water partition coefficient (Wildman–Crippen LogP) is 2.27. The molecule has 1 aliphatic carbocycles. The van der Waals surface area contributed by atoms with E-state index in [-0.39, 0.29) is 17.5 Å². The van der Waals surface area contributed by atoms with Gasteiger partial charge in [-0.25, -0.2) is 9.78 Å². The molecular formula is C20H26N4O3. The molecule has 1 aromatic carbocycles. The zero-order chi connectivity index (χ0) is 19.2. The van der Waals surface area contributed by atoms with Crippen molar-refractivity contribution >= 4 is 11.9 Å². The Kier molecular flexibility index (Phi) is 6.24. The fraction of sp³-hybridized carbons (Fsp3) is 0.450. The van der Waals surface area contributed by atoms with Gasteiger partial charge in [0, 0.05) is 12.1 Å². The molecule has 144 valence electrons. The molecule has 1 aliphatic rings. The monoisotopic (exact) mass is 370 g/mol. The molecule has 0 spiro atoms. The van der Waals surface area contributed by atoms with E-state index < -0.39 is 12.0 Å². The molecule has 1 saturated carbocycles. The number of carboxylic acids is 1. The molecule has 1 fully saturated rings. The Morgan fingerprint density at radius 3 is 2.52 bits per heavy atom. The fourth-order valence-electron chi connectivity index (χ4n) is 3.64. The number of aromatic amines is 1. The second kappa shape index (κ2) is 8.81. The molecule has 0 aliphatic heterocycles. The van der Waals surface area contributed by atoms with Gasteiger partial charge in [-0.2, -0.15) is 0 Å². The van der Waals surface area contributed by atoms with Gasteiger partial charge in [-0.05, 0) is 50.1 Å². The molecule has 0 radical (unpaired) electrons. The summed E-state index contributed by atoms with van der Waals surface area (Å²) in [6.45, 7) is 0.676. The van der Waals surface area contributed by atoms with Crippen molar-refractivity contribution in [3.8, 4) is 0 Å². The Morgan fingerprint density at radius 2 is 1.93 bits per heavy atom. The van der Waals surface area contributed by atoms with E-state index in [0.717, 1.165) is 31.2 Å². The highest BCUT2D eigenvalue weighted by Crippen LogP contribution is 2.29. The average Bonchev–Trinajstić information content (AvgIpc) is 3.19. The van der Waals surface area contributed by atoms with Gasteiger partial charge in [0.1, 0.15) is 5.82 Å². The third kappa shape index (κ3) is 4.95. The molecule has 0 saturated heterocycles. The predicted molar refractivity (Wildman–Crippen MR) is 101 cm³/mol. The van der Waals surface area contributed by atoms with Crippen LogP contribution in [0.2, 0.25) is 0 Å². The molecule has 1 amide bonds. The number of nitrogens with one attached hydrogen (secondary N) is 2. The van der Waals surface area contributed by atoms with Gasteiger partial charge < -0.3 is 21.1 Å². The maximum atomic E-state index is 12.8. The van der Waals surface area contributed by atoms with Gasteiger partial charge in [-0.1, -0.05) is 30.3 Å². The van der Waals surface area contributed by atoms with Crippen LogP contribution in [0.4, 0.5) is 0 Å². The highest BCUT2D eigenvalue weighted by atomic mass is 16.4. The summed E-state index contributed by atoms with van der Waals surface area (Å²) in [4.78, 5) is 31.0. The molecule has 3 rings (SSSR count). The van der Waals surface area contributed by atoms with Crippen LogP contribution in [0, 0.1) is 11.8 Å². The summed E-state index contributed by atoms with van der Waals surface area (Å²) >= 11 is 0. The minimum atomic E-state index is -1.10. The number of carbonyl (C=O) groups is 2. The SMILES string of the molecule is NC[C@H]1CC[C@H](C(=O)N[C@@H](Cc2ccccc2)c2nc(C(=O)O)c[nH]2)CC1. The molecule has 0 bridgehead atoms. The third-order valence-corrected chi connectivity index (χ3v) is 5.30. The summed E-state index contributed by atoms with van der Waals surface area (Å²) in [6.07, 6.45) is 5.52. The van der Waals surface area contributed by atoms with Gasteiger partial charge in [-0.3, -0.25) is 4.79 Å². The molecule has 7 heteroatoms. The van der Waals surface area contributed by atoms with E-state index >= 15 is 0 Å². The van der Waals surface area contributed by atoms with Crippen molar-refractivity contribution in [2.45, 2.75) is 38.1 Å². The second-order valence-electron chi connectivity index (χ2n) is 7.18. The van der Waals surface area contributed by atoms with E-state index in [0.29, 0.717) is 24.7 Å². The van der Waals surface area contributed by atoms with E-state index in [4.69, 9.17) is 10.8 Å². The fourth-order valence-corrected chi connectivity index (χ4v) is 3.64. The van der Waals surface area contributed by atoms with Crippen LogP contribution in [0.3, 0.4) is 0 Å². The molecule has 27 heavy (non-hydrogen) atoms. The quantitative estimate of drug-likeness (QED) is 0.596. The summed E-state index contributed by atoms with van der Waals surface area (Å²) in [6, 6.07) is 9.36. The van der Waals surface area contributed by atoms with Crippen LogP contribution in [0.1, 0.15) is 53.6 Å². The number of hydrogen-bond donors (Lipinski definition) is 4. The number of hydrogen-bond acceptors (Lipinski definition) is 4. The van der Waals surface area contributed by atoms with E-state index in [2.05, 4.69) is 15.3 Å². The summed E-state index contributed by atoms with van der Waals surface area (Å²) in [7, 11) is 0. The number of amides is 1. The first-order valence-electron chi connectivity index (χ1n) is 9.39. The maximum Gasteiger partial charge on any atom is 0.356 e. The normalized spacial score (nSPS) is 20.8. The number of H-pyrrole nitrogens is 1. The molecule has 5 N–H and O–H groups in total. The van der Waals surface area contributed by atoms with Crippen LogP contribution in [-0.4, -0.2) is 33.5 Å². The molecule has 1 atom stereocenters. The highest BCUT2D eigenvalue weighted by molar-refractivity contribution is 5.85. The number of rotatable bonds is 7. The van der Waals surface area contributed by atoms with Crippen LogP contribution in [-0.2, 0) is 11.2 Å². The topological polar surface area (TPSA) is 121 Å². The van der Waals surface area contributed by atoms with Crippen LogP contribution in [0.15, 0.2) is 36.5 Å². The maximum absolute atomic E-state index is 12.8. The average molecular weight is 370 g/mol. The largest absolute Gasteiger partial charge is 0.476 e. The highest BCUT2D eigenvalue weighted by Gasteiger charge is 2.28.